The number of hydrogen-bond donors (Lipinski definition) is 2. The summed E-state index contributed by atoms with van der Waals surface area (Å²) in [6.45, 7) is 7.98. The summed E-state index contributed by atoms with van der Waals surface area (Å²) in [4.78, 5) is 36.4. The monoisotopic (exact) mass is 361 g/mol. The van der Waals surface area contributed by atoms with Crippen molar-refractivity contribution in [1.29, 1.82) is 0 Å². The van der Waals surface area contributed by atoms with Crippen LogP contribution in [0.3, 0.4) is 0 Å². The van der Waals surface area contributed by atoms with Crippen molar-refractivity contribution in [1.82, 2.24) is 20.2 Å². The first kappa shape index (κ1) is 18.4. The van der Waals surface area contributed by atoms with Crippen LogP contribution in [-0.4, -0.2) is 64.2 Å². The van der Waals surface area contributed by atoms with Crippen molar-refractivity contribution in [3.8, 4) is 0 Å². The molecule has 0 aromatic carbocycles. The van der Waals surface area contributed by atoms with Crippen molar-refractivity contribution in [2.45, 2.75) is 46.1 Å². The molecule has 1 aromatic rings. The van der Waals surface area contributed by atoms with E-state index in [4.69, 9.17) is 0 Å². The standard InChI is InChI=1S/C18H27N5O3/c1-12-10-15(20-13(2)19-12)22-7-4-14(5-8-22)21-17(26)23-9-6-18(3,11-23)16(24)25/h10,14H,4-9,11H2,1-3H3,(H,21,26)(H,24,25). The molecule has 2 amide bonds. The lowest BCUT2D eigenvalue weighted by atomic mass is 9.90. The molecule has 0 aliphatic carbocycles. The number of aryl methyl sites for hydroxylation is 2. The number of aromatic nitrogens is 2. The third-order valence-electron chi connectivity index (χ3n) is 5.38. The van der Waals surface area contributed by atoms with Crippen molar-refractivity contribution in [2.24, 2.45) is 5.41 Å². The van der Waals surface area contributed by atoms with Gasteiger partial charge in [-0.05, 0) is 40.0 Å². The number of carbonyl (C=O) groups excluding carboxylic acids is 1. The molecule has 3 heterocycles. The summed E-state index contributed by atoms with van der Waals surface area (Å²) in [6, 6.07) is 1.95. The fraction of sp³-hybridized carbons (Fsp3) is 0.667. The van der Waals surface area contributed by atoms with Crippen LogP contribution in [0.2, 0.25) is 0 Å². The van der Waals surface area contributed by atoms with Gasteiger partial charge in [0.15, 0.2) is 0 Å². The third kappa shape index (κ3) is 3.89. The van der Waals surface area contributed by atoms with Gasteiger partial charge in [0.2, 0.25) is 0 Å². The number of carbonyl (C=O) groups is 2. The number of nitrogens with one attached hydrogen (secondary N) is 1. The molecule has 26 heavy (non-hydrogen) atoms. The van der Waals surface area contributed by atoms with Crippen LogP contribution in [0.25, 0.3) is 0 Å². The molecule has 0 spiro atoms. The second-order valence-corrected chi connectivity index (χ2v) is 7.66. The zero-order valence-electron chi connectivity index (χ0n) is 15.7. The largest absolute Gasteiger partial charge is 0.481 e. The fourth-order valence-electron chi connectivity index (χ4n) is 3.69. The molecule has 2 aliphatic rings. The maximum absolute atomic E-state index is 12.5. The Morgan fingerprint density at radius 3 is 2.50 bits per heavy atom. The predicted molar refractivity (Wildman–Crippen MR) is 97.2 cm³/mol. The molecule has 0 bridgehead atoms. The van der Waals surface area contributed by atoms with E-state index < -0.39 is 11.4 Å². The minimum absolute atomic E-state index is 0.111. The van der Waals surface area contributed by atoms with Crippen molar-refractivity contribution in [3.63, 3.8) is 0 Å². The first-order valence-electron chi connectivity index (χ1n) is 9.13. The summed E-state index contributed by atoms with van der Waals surface area (Å²) >= 11 is 0. The minimum atomic E-state index is -0.837. The lowest BCUT2D eigenvalue weighted by molar-refractivity contribution is -0.147. The number of anilines is 1. The average Bonchev–Trinajstić information content (AvgIpc) is 2.99. The molecule has 2 aliphatic heterocycles. The molecule has 0 saturated carbocycles. The van der Waals surface area contributed by atoms with Gasteiger partial charge in [0.25, 0.3) is 0 Å². The second kappa shape index (κ2) is 7.09. The summed E-state index contributed by atoms with van der Waals surface area (Å²) in [5.74, 6) is 0.874. The molecule has 8 heteroatoms. The van der Waals surface area contributed by atoms with Crippen LogP contribution in [0.1, 0.15) is 37.7 Å². The molecule has 1 atom stereocenters. The van der Waals surface area contributed by atoms with E-state index in [2.05, 4.69) is 20.2 Å². The van der Waals surface area contributed by atoms with E-state index in [9.17, 15) is 14.7 Å². The van der Waals surface area contributed by atoms with Gasteiger partial charge in [0.05, 0.1) is 5.41 Å². The molecule has 2 fully saturated rings. The number of carboxylic acids is 1. The fourth-order valence-corrected chi connectivity index (χ4v) is 3.69. The number of piperidine rings is 1. The van der Waals surface area contributed by atoms with Gasteiger partial charge in [-0.3, -0.25) is 4.79 Å². The highest BCUT2D eigenvalue weighted by Gasteiger charge is 2.42. The first-order valence-corrected chi connectivity index (χ1v) is 9.13. The van der Waals surface area contributed by atoms with E-state index in [1.807, 2.05) is 19.9 Å². The Morgan fingerprint density at radius 2 is 1.92 bits per heavy atom. The van der Waals surface area contributed by atoms with Gasteiger partial charge in [-0.2, -0.15) is 0 Å². The normalized spacial score (nSPS) is 24.0. The number of likely N-dealkylation sites (tertiary alicyclic amines) is 1. The number of carboxylic acid groups (broad SMARTS) is 1. The minimum Gasteiger partial charge on any atom is -0.481 e. The number of nitrogens with zero attached hydrogens (tertiary/aromatic N) is 4. The molecular formula is C18H27N5O3. The SMILES string of the molecule is Cc1cc(N2CCC(NC(=O)N3CCC(C)(C(=O)O)C3)CC2)nc(C)n1. The topological polar surface area (TPSA) is 98.7 Å². The van der Waals surface area contributed by atoms with E-state index in [1.165, 1.54) is 0 Å². The van der Waals surface area contributed by atoms with Crippen molar-refractivity contribution in [2.75, 3.05) is 31.1 Å². The second-order valence-electron chi connectivity index (χ2n) is 7.66. The molecule has 0 radical (unpaired) electrons. The summed E-state index contributed by atoms with van der Waals surface area (Å²) < 4.78 is 0. The number of amides is 2. The number of urea groups is 1. The Balaban J connectivity index is 1.51. The maximum Gasteiger partial charge on any atom is 0.317 e. The Labute approximate surface area is 153 Å². The van der Waals surface area contributed by atoms with Crippen LogP contribution in [0.4, 0.5) is 10.6 Å². The van der Waals surface area contributed by atoms with Crippen LogP contribution in [0, 0.1) is 19.3 Å². The molecule has 1 aromatic heterocycles. The van der Waals surface area contributed by atoms with Crippen LogP contribution >= 0.6 is 0 Å². The molecule has 3 rings (SSSR count). The van der Waals surface area contributed by atoms with Crippen LogP contribution in [-0.2, 0) is 4.79 Å². The van der Waals surface area contributed by atoms with Gasteiger partial charge in [-0.15, -0.1) is 0 Å². The molecule has 2 N–H and O–H groups in total. The Hall–Kier alpha value is -2.38. The smallest absolute Gasteiger partial charge is 0.317 e. The highest BCUT2D eigenvalue weighted by molar-refractivity contribution is 5.79. The van der Waals surface area contributed by atoms with E-state index in [1.54, 1.807) is 11.8 Å². The average molecular weight is 361 g/mol. The maximum atomic E-state index is 12.5. The van der Waals surface area contributed by atoms with Crippen LogP contribution < -0.4 is 10.2 Å². The summed E-state index contributed by atoms with van der Waals surface area (Å²) in [5, 5.41) is 12.4. The van der Waals surface area contributed by atoms with Gasteiger partial charge in [0.1, 0.15) is 11.6 Å². The lowest BCUT2D eigenvalue weighted by Gasteiger charge is -2.34. The Bertz CT molecular complexity index is 682. The van der Waals surface area contributed by atoms with Gasteiger partial charge in [-0.25, -0.2) is 14.8 Å². The first-order chi connectivity index (χ1) is 12.3. The van der Waals surface area contributed by atoms with Gasteiger partial charge in [-0.1, -0.05) is 0 Å². The van der Waals surface area contributed by atoms with Gasteiger partial charge >= 0.3 is 12.0 Å². The quantitative estimate of drug-likeness (QED) is 0.848. The van der Waals surface area contributed by atoms with E-state index >= 15 is 0 Å². The molecule has 8 nitrogen and oxygen atoms in total. The third-order valence-corrected chi connectivity index (χ3v) is 5.38. The van der Waals surface area contributed by atoms with Crippen LogP contribution in [0.15, 0.2) is 6.07 Å². The van der Waals surface area contributed by atoms with E-state index in [0.29, 0.717) is 13.0 Å². The van der Waals surface area contributed by atoms with Crippen molar-refractivity contribution in [3.05, 3.63) is 17.6 Å². The molecular weight excluding hydrogens is 334 g/mol. The lowest BCUT2D eigenvalue weighted by Crippen LogP contribution is -2.49. The molecule has 142 valence electrons. The highest BCUT2D eigenvalue weighted by atomic mass is 16.4. The zero-order valence-corrected chi connectivity index (χ0v) is 15.7. The molecule has 2 saturated heterocycles. The predicted octanol–water partition coefficient (Wildman–Crippen LogP) is 1.57. The summed E-state index contributed by atoms with van der Waals surface area (Å²) in [7, 11) is 0. The number of aliphatic carboxylic acids is 1. The number of hydrogen-bond acceptors (Lipinski definition) is 5. The van der Waals surface area contributed by atoms with Gasteiger partial charge in [0, 0.05) is 44.0 Å². The van der Waals surface area contributed by atoms with Crippen molar-refractivity contribution >= 4 is 17.8 Å². The Kier molecular flexibility index (Phi) is 5.02. The van der Waals surface area contributed by atoms with E-state index in [0.717, 1.165) is 43.3 Å². The molecule has 1 unspecified atom stereocenters. The van der Waals surface area contributed by atoms with Gasteiger partial charge < -0.3 is 20.2 Å². The Morgan fingerprint density at radius 1 is 1.23 bits per heavy atom. The van der Waals surface area contributed by atoms with Crippen molar-refractivity contribution < 1.29 is 14.7 Å². The van der Waals surface area contributed by atoms with Crippen LogP contribution in [0.5, 0.6) is 0 Å². The number of rotatable bonds is 3. The summed E-state index contributed by atoms with van der Waals surface area (Å²) in [5.41, 5.74) is 0.127. The highest BCUT2D eigenvalue weighted by Crippen LogP contribution is 2.30. The summed E-state index contributed by atoms with van der Waals surface area (Å²) in [6.07, 6.45) is 2.19. The zero-order chi connectivity index (χ0) is 18.9. The van der Waals surface area contributed by atoms with E-state index in [-0.39, 0.29) is 18.6 Å².